The number of furan rings is 1. The van der Waals surface area contributed by atoms with Crippen molar-refractivity contribution in [1.82, 2.24) is 9.55 Å². The molecule has 0 aliphatic carbocycles. The van der Waals surface area contributed by atoms with Crippen molar-refractivity contribution in [1.29, 1.82) is 0 Å². The number of H-pyrrole nitrogens is 1. The van der Waals surface area contributed by atoms with Gasteiger partial charge in [0, 0.05) is 11.3 Å². The predicted molar refractivity (Wildman–Crippen MR) is 115 cm³/mol. The van der Waals surface area contributed by atoms with Crippen LogP contribution < -0.4 is 10.9 Å². The molecule has 4 aromatic rings. The first kappa shape index (κ1) is 18.9. The molecule has 0 atom stereocenters. The number of fused-ring (bicyclic) bond motifs is 1. The molecule has 2 N–H and O–H groups in total. The summed E-state index contributed by atoms with van der Waals surface area (Å²) in [5.74, 6) is 0.381. The average Bonchev–Trinajstić information content (AvgIpc) is 3.17. The van der Waals surface area contributed by atoms with E-state index in [0.29, 0.717) is 22.2 Å². The van der Waals surface area contributed by atoms with E-state index in [0.717, 1.165) is 16.8 Å². The molecule has 1 amide bonds. The quantitative estimate of drug-likeness (QED) is 0.488. The highest BCUT2D eigenvalue weighted by Crippen LogP contribution is 2.17. The maximum atomic E-state index is 12.9. The Morgan fingerprint density at radius 1 is 1.14 bits per heavy atom. The van der Waals surface area contributed by atoms with Crippen LogP contribution in [0.25, 0.3) is 10.9 Å². The number of aromatic amines is 1. The standard InChI is InChI=1S/C22H19N3O3S/c1-13-8-14(2)10-16(9-13)23-20(26)15-5-6-18-19(11-15)24-22(29)25(21(18)27)12-17-4-3-7-28-17/h3-11H,12H2,1-2H3,(H,23,26)(H,24,29). The first-order chi connectivity index (χ1) is 13.9. The van der Waals surface area contributed by atoms with E-state index in [-0.39, 0.29) is 22.8 Å². The molecule has 2 aromatic carbocycles. The number of hydrogen-bond acceptors (Lipinski definition) is 4. The van der Waals surface area contributed by atoms with Gasteiger partial charge in [-0.05, 0) is 79.7 Å². The Kier molecular flexibility index (Phi) is 4.90. The molecule has 0 saturated heterocycles. The number of benzene rings is 2. The van der Waals surface area contributed by atoms with Crippen LogP contribution in [0, 0.1) is 18.6 Å². The number of carbonyl (C=O) groups excluding carboxylic acids is 1. The van der Waals surface area contributed by atoms with Crippen molar-refractivity contribution in [2.24, 2.45) is 0 Å². The Hall–Kier alpha value is -3.45. The summed E-state index contributed by atoms with van der Waals surface area (Å²) in [6.45, 7) is 4.20. The summed E-state index contributed by atoms with van der Waals surface area (Å²) >= 11 is 5.35. The fourth-order valence-electron chi connectivity index (χ4n) is 3.35. The lowest BCUT2D eigenvalue weighted by atomic mass is 10.1. The zero-order chi connectivity index (χ0) is 20.5. The van der Waals surface area contributed by atoms with Crippen molar-refractivity contribution in [3.05, 3.63) is 92.4 Å². The number of amides is 1. The van der Waals surface area contributed by atoms with E-state index in [9.17, 15) is 9.59 Å². The third-order valence-corrected chi connectivity index (χ3v) is 4.94. The van der Waals surface area contributed by atoms with Crippen molar-refractivity contribution in [3.8, 4) is 0 Å². The number of carbonyl (C=O) groups is 1. The van der Waals surface area contributed by atoms with Gasteiger partial charge in [-0.2, -0.15) is 0 Å². The molecule has 0 spiro atoms. The molecule has 146 valence electrons. The second-order valence-electron chi connectivity index (χ2n) is 6.99. The number of hydrogen-bond donors (Lipinski definition) is 2. The molecule has 2 aromatic heterocycles. The van der Waals surface area contributed by atoms with Gasteiger partial charge in [-0.25, -0.2) is 0 Å². The molecular weight excluding hydrogens is 386 g/mol. The highest BCUT2D eigenvalue weighted by atomic mass is 32.1. The zero-order valence-electron chi connectivity index (χ0n) is 16.0. The second-order valence-corrected chi connectivity index (χ2v) is 7.38. The predicted octanol–water partition coefficient (Wildman–Crippen LogP) is 4.57. The van der Waals surface area contributed by atoms with E-state index in [1.807, 2.05) is 32.0 Å². The molecule has 0 aliphatic heterocycles. The molecule has 7 heteroatoms. The van der Waals surface area contributed by atoms with Gasteiger partial charge < -0.3 is 14.7 Å². The van der Waals surface area contributed by atoms with Crippen molar-refractivity contribution in [2.45, 2.75) is 20.4 Å². The van der Waals surface area contributed by atoms with Crippen LogP contribution in [-0.4, -0.2) is 15.5 Å². The van der Waals surface area contributed by atoms with Gasteiger partial charge in [0.2, 0.25) is 0 Å². The highest BCUT2D eigenvalue weighted by molar-refractivity contribution is 7.71. The van der Waals surface area contributed by atoms with Gasteiger partial charge in [-0.15, -0.1) is 0 Å². The third-order valence-electron chi connectivity index (χ3n) is 4.62. The van der Waals surface area contributed by atoms with E-state index in [4.69, 9.17) is 16.6 Å². The summed E-state index contributed by atoms with van der Waals surface area (Å²) in [7, 11) is 0. The summed E-state index contributed by atoms with van der Waals surface area (Å²) in [6.07, 6.45) is 1.55. The molecule has 0 aliphatic rings. The Balaban J connectivity index is 1.68. The van der Waals surface area contributed by atoms with Gasteiger partial charge in [0.1, 0.15) is 5.76 Å². The summed E-state index contributed by atoms with van der Waals surface area (Å²) in [4.78, 5) is 28.6. The van der Waals surface area contributed by atoms with Crippen molar-refractivity contribution in [2.75, 3.05) is 5.32 Å². The molecule has 0 fully saturated rings. The fraction of sp³-hybridized carbons (Fsp3) is 0.136. The first-order valence-corrected chi connectivity index (χ1v) is 9.50. The molecule has 29 heavy (non-hydrogen) atoms. The van der Waals surface area contributed by atoms with E-state index in [1.165, 1.54) is 4.57 Å². The topological polar surface area (TPSA) is 80.0 Å². The normalized spacial score (nSPS) is 11.0. The minimum absolute atomic E-state index is 0.235. The van der Waals surface area contributed by atoms with Crippen LogP contribution >= 0.6 is 12.2 Å². The fourth-order valence-corrected chi connectivity index (χ4v) is 3.61. The molecule has 0 bridgehead atoms. The lowest BCUT2D eigenvalue weighted by Crippen LogP contribution is -2.23. The van der Waals surface area contributed by atoms with Crippen molar-refractivity contribution in [3.63, 3.8) is 0 Å². The maximum absolute atomic E-state index is 12.9. The Morgan fingerprint density at radius 3 is 2.59 bits per heavy atom. The lowest BCUT2D eigenvalue weighted by molar-refractivity contribution is 0.102. The lowest BCUT2D eigenvalue weighted by Gasteiger charge is -2.10. The smallest absolute Gasteiger partial charge is 0.262 e. The molecular formula is C22H19N3O3S. The van der Waals surface area contributed by atoms with Crippen molar-refractivity contribution >= 4 is 34.7 Å². The van der Waals surface area contributed by atoms with Crippen molar-refractivity contribution < 1.29 is 9.21 Å². The van der Waals surface area contributed by atoms with Crippen LogP contribution in [0.1, 0.15) is 27.2 Å². The monoisotopic (exact) mass is 405 g/mol. The Morgan fingerprint density at radius 2 is 1.90 bits per heavy atom. The first-order valence-electron chi connectivity index (χ1n) is 9.09. The molecule has 4 rings (SSSR count). The Bertz CT molecular complexity index is 1310. The summed E-state index contributed by atoms with van der Waals surface area (Å²) in [6, 6.07) is 14.3. The number of nitrogens with zero attached hydrogens (tertiary/aromatic N) is 1. The van der Waals surface area contributed by atoms with Gasteiger partial charge in [0.15, 0.2) is 4.77 Å². The third kappa shape index (κ3) is 3.90. The molecule has 2 heterocycles. The van der Waals surface area contributed by atoms with E-state index < -0.39 is 0 Å². The van der Waals surface area contributed by atoms with Gasteiger partial charge >= 0.3 is 0 Å². The minimum atomic E-state index is -0.254. The number of aryl methyl sites for hydroxylation is 2. The van der Waals surface area contributed by atoms with E-state index in [2.05, 4.69) is 10.3 Å². The average molecular weight is 405 g/mol. The summed E-state index contributed by atoms with van der Waals surface area (Å²) in [5, 5.41) is 3.35. The van der Waals surface area contributed by atoms with Crippen LogP contribution in [0.3, 0.4) is 0 Å². The van der Waals surface area contributed by atoms with Crippen LogP contribution in [0.15, 0.2) is 64.0 Å². The number of rotatable bonds is 4. The highest BCUT2D eigenvalue weighted by Gasteiger charge is 2.12. The zero-order valence-corrected chi connectivity index (χ0v) is 16.8. The number of anilines is 1. The van der Waals surface area contributed by atoms with Crippen LogP contribution in [0.2, 0.25) is 0 Å². The molecule has 0 saturated carbocycles. The molecule has 0 unspecified atom stereocenters. The minimum Gasteiger partial charge on any atom is -0.467 e. The largest absolute Gasteiger partial charge is 0.467 e. The van der Waals surface area contributed by atoms with E-state index >= 15 is 0 Å². The summed E-state index contributed by atoms with van der Waals surface area (Å²) in [5.41, 5.74) is 3.59. The van der Waals surface area contributed by atoms with Crippen LogP contribution in [0.4, 0.5) is 5.69 Å². The number of aromatic nitrogens is 2. The second kappa shape index (κ2) is 7.52. The van der Waals surface area contributed by atoms with Gasteiger partial charge in [-0.1, -0.05) is 6.07 Å². The van der Waals surface area contributed by atoms with Gasteiger partial charge in [-0.3, -0.25) is 14.2 Å². The summed E-state index contributed by atoms with van der Waals surface area (Å²) < 4.78 is 7.02. The van der Waals surface area contributed by atoms with Crippen LogP contribution in [0.5, 0.6) is 0 Å². The maximum Gasteiger partial charge on any atom is 0.262 e. The van der Waals surface area contributed by atoms with Gasteiger partial charge in [0.05, 0.1) is 23.7 Å². The van der Waals surface area contributed by atoms with E-state index in [1.54, 1.807) is 36.6 Å². The van der Waals surface area contributed by atoms with Gasteiger partial charge in [0.25, 0.3) is 11.5 Å². The number of nitrogens with one attached hydrogen (secondary N) is 2. The molecule has 0 radical (unpaired) electrons. The Labute approximate surface area is 171 Å². The SMILES string of the molecule is Cc1cc(C)cc(NC(=O)c2ccc3c(=O)n(Cc4ccco4)c(=S)[nH]c3c2)c1. The molecule has 6 nitrogen and oxygen atoms in total. The van der Waals surface area contributed by atoms with Crippen LogP contribution in [-0.2, 0) is 6.54 Å².